The van der Waals surface area contributed by atoms with Gasteiger partial charge in [0, 0.05) is 19.2 Å². The van der Waals surface area contributed by atoms with Crippen LogP contribution in [-0.2, 0) is 9.84 Å². The maximum absolute atomic E-state index is 11.6. The fourth-order valence-electron chi connectivity index (χ4n) is 1.58. The molecule has 0 amide bonds. The van der Waals surface area contributed by atoms with Crippen molar-refractivity contribution < 1.29 is 13.5 Å². The van der Waals surface area contributed by atoms with Crippen LogP contribution in [0.5, 0.6) is 0 Å². The fourth-order valence-corrected chi connectivity index (χ4v) is 2.46. The molecule has 0 aromatic carbocycles. The summed E-state index contributed by atoms with van der Waals surface area (Å²) in [6.45, 7) is 10.2. The summed E-state index contributed by atoms with van der Waals surface area (Å²) in [5.41, 5.74) is 0.0182. The van der Waals surface area contributed by atoms with Crippen LogP contribution in [-0.4, -0.2) is 43.7 Å². The van der Waals surface area contributed by atoms with E-state index in [-0.39, 0.29) is 29.1 Å². The van der Waals surface area contributed by atoms with Crippen LogP contribution >= 0.6 is 0 Å². The summed E-state index contributed by atoms with van der Waals surface area (Å²) in [5, 5.41) is 11.9. The molecule has 0 saturated heterocycles. The summed E-state index contributed by atoms with van der Waals surface area (Å²) in [6.07, 6.45) is 0.644. The molecule has 0 rings (SSSR count). The number of nitrogens with one attached hydrogen (secondary N) is 1. The molecule has 0 aliphatic heterocycles. The van der Waals surface area contributed by atoms with E-state index in [1.165, 1.54) is 0 Å². The quantitative estimate of drug-likeness (QED) is 0.726. The van der Waals surface area contributed by atoms with Gasteiger partial charge in [-0.05, 0) is 25.7 Å². The number of hydrogen-bond acceptors (Lipinski definition) is 4. The predicted molar refractivity (Wildman–Crippen MR) is 71.9 cm³/mol. The highest BCUT2D eigenvalue weighted by atomic mass is 32.2. The Labute approximate surface area is 106 Å². The minimum Gasteiger partial charge on any atom is -0.396 e. The van der Waals surface area contributed by atoms with Crippen molar-refractivity contribution in [3.63, 3.8) is 0 Å². The Balaban J connectivity index is 4.26. The van der Waals surface area contributed by atoms with Crippen molar-refractivity contribution in [2.24, 2.45) is 5.41 Å². The van der Waals surface area contributed by atoms with E-state index in [2.05, 4.69) is 26.1 Å². The summed E-state index contributed by atoms with van der Waals surface area (Å²) in [5.74, 6) is 0.155. The van der Waals surface area contributed by atoms with Gasteiger partial charge in [-0.3, -0.25) is 0 Å². The van der Waals surface area contributed by atoms with E-state index in [4.69, 9.17) is 5.11 Å². The van der Waals surface area contributed by atoms with Gasteiger partial charge in [0.05, 0.1) is 11.0 Å². The van der Waals surface area contributed by atoms with Crippen LogP contribution in [0, 0.1) is 5.41 Å². The van der Waals surface area contributed by atoms with Gasteiger partial charge in [-0.2, -0.15) is 0 Å². The Morgan fingerprint density at radius 3 is 2.12 bits per heavy atom. The Morgan fingerprint density at radius 2 is 1.76 bits per heavy atom. The zero-order valence-corrected chi connectivity index (χ0v) is 12.5. The van der Waals surface area contributed by atoms with Crippen molar-refractivity contribution in [2.75, 3.05) is 18.9 Å². The molecule has 0 bridgehead atoms. The standard InChI is InChI=1S/C12H27NO3S/c1-10(2)17(15,16)9-7-13-11(6-8-14)12(3,4)5/h10-11,13-14H,6-9H2,1-5H3. The Hall–Kier alpha value is -0.130. The van der Waals surface area contributed by atoms with Crippen LogP contribution < -0.4 is 5.32 Å². The maximum Gasteiger partial charge on any atom is 0.153 e. The van der Waals surface area contributed by atoms with Gasteiger partial charge in [0.1, 0.15) is 0 Å². The van der Waals surface area contributed by atoms with Crippen LogP contribution in [0.1, 0.15) is 41.0 Å². The first-order chi connectivity index (χ1) is 7.61. The lowest BCUT2D eigenvalue weighted by atomic mass is 9.85. The third kappa shape index (κ3) is 6.38. The third-order valence-corrected chi connectivity index (χ3v) is 5.17. The number of hydrogen-bond donors (Lipinski definition) is 2. The van der Waals surface area contributed by atoms with E-state index in [9.17, 15) is 8.42 Å². The Bertz CT molecular complexity index is 304. The lowest BCUT2D eigenvalue weighted by molar-refractivity contribution is 0.200. The molecule has 0 aromatic rings. The van der Waals surface area contributed by atoms with Crippen molar-refractivity contribution >= 4 is 9.84 Å². The van der Waals surface area contributed by atoms with Gasteiger partial charge in [0.15, 0.2) is 9.84 Å². The largest absolute Gasteiger partial charge is 0.396 e. The normalized spacial score (nSPS) is 15.2. The Morgan fingerprint density at radius 1 is 1.24 bits per heavy atom. The minimum atomic E-state index is -2.98. The zero-order valence-electron chi connectivity index (χ0n) is 11.7. The van der Waals surface area contributed by atoms with Crippen LogP contribution in [0.3, 0.4) is 0 Å². The molecular weight excluding hydrogens is 238 g/mol. The smallest absolute Gasteiger partial charge is 0.153 e. The molecule has 2 N–H and O–H groups in total. The molecule has 0 fully saturated rings. The molecule has 0 aliphatic rings. The van der Waals surface area contributed by atoms with Crippen LogP contribution in [0.15, 0.2) is 0 Å². The molecule has 0 radical (unpaired) electrons. The summed E-state index contributed by atoms with van der Waals surface area (Å²) in [7, 11) is -2.98. The molecule has 1 unspecified atom stereocenters. The van der Waals surface area contributed by atoms with Crippen molar-refractivity contribution in [2.45, 2.75) is 52.3 Å². The summed E-state index contributed by atoms with van der Waals surface area (Å²) >= 11 is 0. The van der Waals surface area contributed by atoms with Crippen LogP contribution in [0.4, 0.5) is 0 Å². The molecule has 5 heteroatoms. The van der Waals surface area contributed by atoms with Gasteiger partial charge >= 0.3 is 0 Å². The molecule has 4 nitrogen and oxygen atoms in total. The van der Waals surface area contributed by atoms with Gasteiger partial charge in [0.25, 0.3) is 0 Å². The molecule has 0 aromatic heterocycles. The van der Waals surface area contributed by atoms with Crippen LogP contribution in [0.25, 0.3) is 0 Å². The SMILES string of the molecule is CC(C)S(=O)(=O)CCNC(CCO)C(C)(C)C. The second-order valence-electron chi connectivity index (χ2n) is 5.80. The van der Waals surface area contributed by atoms with E-state index >= 15 is 0 Å². The van der Waals surface area contributed by atoms with Crippen molar-refractivity contribution in [3.05, 3.63) is 0 Å². The van der Waals surface area contributed by atoms with Gasteiger partial charge in [-0.25, -0.2) is 8.42 Å². The second kappa shape index (κ2) is 6.71. The second-order valence-corrected chi connectivity index (χ2v) is 8.48. The first kappa shape index (κ1) is 16.9. The van der Waals surface area contributed by atoms with E-state index in [0.29, 0.717) is 13.0 Å². The number of sulfone groups is 1. The monoisotopic (exact) mass is 265 g/mol. The number of rotatable bonds is 7. The number of aliphatic hydroxyl groups excluding tert-OH is 1. The lowest BCUT2D eigenvalue weighted by Gasteiger charge is -2.31. The van der Waals surface area contributed by atoms with Crippen molar-refractivity contribution in [1.82, 2.24) is 5.32 Å². The van der Waals surface area contributed by atoms with E-state index in [1.807, 2.05) is 0 Å². The van der Waals surface area contributed by atoms with Crippen molar-refractivity contribution in [3.8, 4) is 0 Å². The molecule has 0 aliphatic carbocycles. The van der Waals surface area contributed by atoms with Crippen molar-refractivity contribution in [1.29, 1.82) is 0 Å². The van der Waals surface area contributed by atoms with E-state index in [1.54, 1.807) is 13.8 Å². The van der Waals surface area contributed by atoms with E-state index in [0.717, 1.165) is 0 Å². The zero-order chi connectivity index (χ0) is 13.7. The average molecular weight is 265 g/mol. The molecule has 17 heavy (non-hydrogen) atoms. The molecule has 1 atom stereocenters. The Kier molecular flexibility index (Phi) is 6.66. The minimum absolute atomic E-state index is 0.0182. The molecule has 104 valence electrons. The summed E-state index contributed by atoms with van der Waals surface area (Å²) < 4.78 is 23.3. The highest BCUT2D eigenvalue weighted by Crippen LogP contribution is 2.21. The van der Waals surface area contributed by atoms with Gasteiger partial charge in [0.2, 0.25) is 0 Å². The topological polar surface area (TPSA) is 66.4 Å². The number of aliphatic hydroxyl groups is 1. The first-order valence-electron chi connectivity index (χ1n) is 6.17. The highest BCUT2D eigenvalue weighted by molar-refractivity contribution is 7.92. The third-order valence-electron chi connectivity index (χ3n) is 2.96. The highest BCUT2D eigenvalue weighted by Gasteiger charge is 2.24. The van der Waals surface area contributed by atoms with Gasteiger partial charge < -0.3 is 10.4 Å². The van der Waals surface area contributed by atoms with Gasteiger partial charge in [-0.1, -0.05) is 20.8 Å². The molecule has 0 saturated carbocycles. The first-order valence-corrected chi connectivity index (χ1v) is 7.88. The fraction of sp³-hybridized carbons (Fsp3) is 1.00. The lowest BCUT2D eigenvalue weighted by Crippen LogP contribution is -2.43. The summed E-state index contributed by atoms with van der Waals surface area (Å²) in [6, 6.07) is 0.134. The summed E-state index contributed by atoms with van der Waals surface area (Å²) in [4.78, 5) is 0. The van der Waals surface area contributed by atoms with E-state index < -0.39 is 9.84 Å². The molecular formula is C12H27NO3S. The molecule has 0 heterocycles. The predicted octanol–water partition coefficient (Wildman–Crippen LogP) is 1.20. The molecule has 0 spiro atoms. The maximum atomic E-state index is 11.6. The average Bonchev–Trinajstić information content (AvgIpc) is 2.14. The van der Waals surface area contributed by atoms with Crippen LogP contribution in [0.2, 0.25) is 0 Å². The van der Waals surface area contributed by atoms with Gasteiger partial charge in [-0.15, -0.1) is 0 Å².